The van der Waals surface area contributed by atoms with Crippen molar-refractivity contribution < 1.29 is 19.7 Å². The van der Waals surface area contributed by atoms with Gasteiger partial charge in [0.25, 0.3) is 0 Å². The number of carbonyl (C=O) groups is 1. The Morgan fingerprint density at radius 2 is 2.28 bits per heavy atom. The Hall–Kier alpha value is -1.12. The molecule has 0 aromatic carbocycles. The molecular formula is C10H17N3O4S. The van der Waals surface area contributed by atoms with E-state index in [2.05, 4.69) is 10.2 Å². The van der Waals surface area contributed by atoms with Gasteiger partial charge in [-0.15, -0.1) is 10.2 Å². The highest BCUT2D eigenvalue weighted by molar-refractivity contribution is 7.99. The van der Waals surface area contributed by atoms with Crippen molar-refractivity contribution in [3.05, 3.63) is 5.82 Å². The van der Waals surface area contributed by atoms with E-state index >= 15 is 0 Å². The molecule has 7 nitrogen and oxygen atoms in total. The number of aromatic nitrogens is 3. The van der Waals surface area contributed by atoms with Crippen LogP contribution in [0.3, 0.4) is 0 Å². The maximum Gasteiger partial charge on any atom is 0.313 e. The molecule has 2 N–H and O–H groups in total. The summed E-state index contributed by atoms with van der Waals surface area (Å²) in [7, 11) is 0. The summed E-state index contributed by atoms with van der Waals surface area (Å²) in [6, 6.07) is 0. The first kappa shape index (κ1) is 14.9. The topological polar surface area (TPSA) is 97.5 Å². The Morgan fingerprint density at radius 1 is 1.56 bits per heavy atom. The predicted octanol–water partition coefficient (Wildman–Crippen LogP) is 0.372. The van der Waals surface area contributed by atoms with Gasteiger partial charge >= 0.3 is 5.97 Å². The standard InChI is InChI=1S/C10H17N3O4S/c1-3-17-7(2)4-13-8(5-14)11-12-10(13)18-6-9(15)16/h7,14H,3-6H2,1-2H3,(H,15,16). The molecule has 0 bridgehead atoms. The molecule has 0 saturated carbocycles. The second kappa shape index (κ2) is 7.34. The number of hydrogen-bond donors (Lipinski definition) is 2. The van der Waals surface area contributed by atoms with Crippen LogP contribution in [0, 0.1) is 0 Å². The lowest BCUT2D eigenvalue weighted by molar-refractivity contribution is -0.133. The molecule has 102 valence electrons. The van der Waals surface area contributed by atoms with Crippen LogP contribution < -0.4 is 0 Å². The minimum atomic E-state index is -0.919. The Bertz CT molecular complexity index is 396. The van der Waals surface area contributed by atoms with E-state index in [4.69, 9.17) is 14.9 Å². The van der Waals surface area contributed by atoms with E-state index in [1.54, 1.807) is 4.57 Å². The minimum Gasteiger partial charge on any atom is -0.481 e. The van der Waals surface area contributed by atoms with Gasteiger partial charge in [0.15, 0.2) is 11.0 Å². The van der Waals surface area contributed by atoms with Crippen molar-refractivity contribution in [2.24, 2.45) is 0 Å². The number of aliphatic carboxylic acids is 1. The van der Waals surface area contributed by atoms with Gasteiger partial charge in [-0.1, -0.05) is 11.8 Å². The highest BCUT2D eigenvalue weighted by Gasteiger charge is 2.15. The second-order valence-electron chi connectivity index (χ2n) is 3.62. The van der Waals surface area contributed by atoms with Crippen LogP contribution in [-0.2, 0) is 22.7 Å². The lowest BCUT2D eigenvalue weighted by atomic mass is 10.4. The smallest absolute Gasteiger partial charge is 0.313 e. The number of ether oxygens (including phenoxy) is 1. The van der Waals surface area contributed by atoms with Gasteiger partial charge in [-0.05, 0) is 13.8 Å². The van der Waals surface area contributed by atoms with Crippen molar-refractivity contribution in [2.75, 3.05) is 12.4 Å². The molecule has 1 rings (SSSR count). The number of carboxylic acid groups (broad SMARTS) is 1. The maximum atomic E-state index is 10.5. The normalized spacial score (nSPS) is 12.6. The van der Waals surface area contributed by atoms with Gasteiger partial charge < -0.3 is 19.5 Å². The molecule has 0 aliphatic carbocycles. The van der Waals surface area contributed by atoms with Gasteiger partial charge in [0.05, 0.1) is 18.4 Å². The number of aliphatic hydroxyl groups is 1. The zero-order chi connectivity index (χ0) is 13.5. The quantitative estimate of drug-likeness (QED) is 0.661. The zero-order valence-electron chi connectivity index (χ0n) is 10.4. The molecule has 1 heterocycles. The summed E-state index contributed by atoms with van der Waals surface area (Å²) in [6.07, 6.45) is -0.0551. The average Bonchev–Trinajstić information content (AvgIpc) is 2.69. The van der Waals surface area contributed by atoms with E-state index in [-0.39, 0.29) is 18.5 Å². The number of rotatable bonds is 8. The number of carboxylic acids is 1. The molecular weight excluding hydrogens is 258 g/mol. The fourth-order valence-electron chi connectivity index (χ4n) is 1.45. The Labute approximate surface area is 109 Å². The third-order valence-corrected chi connectivity index (χ3v) is 3.10. The van der Waals surface area contributed by atoms with Crippen molar-refractivity contribution in [1.29, 1.82) is 0 Å². The molecule has 0 aliphatic heterocycles. The lowest BCUT2D eigenvalue weighted by Gasteiger charge is -2.14. The summed E-state index contributed by atoms with van der Waals surface area (Å²) in [6.45, 7) is 4.64. The third kappa shape index (κ3) is 4.28. The first-order chi connectivity index (χ1) is 8.58. The third-order valence-electron chi connectivity index (χ3n) is 2.15. The number of thioether (sulfide) groups is 1. The van der Waals surface area contributed by atoms with Crippen LogP contribution in [0.1, 0.15) is 19.7 Å². The molecule has 0 aliphatic rings. The van der Waals surface area contributed by atoms with E-state index < -0.39 is 5.97 Å². The molecule has 8 heteroatoms. The van der Waals surface area contributed by atoms with Crippen molar-refractivity contribution in [3.8, 4) is 0 Å². The highest BCUT2D eigenvalue weighted by Crippen LogP contribution is 2.17. The SMILES string of the molecule is CCOC(C)Cn1c(CO)nnc1SCC(=O)O. The Morgan fingerprint density at radius 3 is 2.83 bits per heavy atom. The van der Waals surface area contributed by atoms with Crippen molar-refractivity contribution in [1.82, 2.24) is 14.8 Å². The zero-order valence-corrected chi connectivity index (χ0v) is 11.2. The van der Waals surface area contributed by atoms with E-state index in [1.165, 1.54) is 0 Å². The Balaban J connectivity index is 2.77. The van der Waals surface area contributed by atoms with Crippen LogP contribution in [0.4, 0.5) is 0 Å². The molecule has 0 spiro atoms. The van der Waals surface area contributed by atoms with Crippen molar-refractivity contribution >= 4 is 17.7 Å². The summed E-state index contributed by atoms with van der Waals surface area (Å²) >= 11 is 1.07. The van der Waals surface area contributed by atoms with Crippen LogP contribution in [0.5, 0.6) is 0 Å². The monoisotopic (exact) mass is 275 g/mol. The van der Waals surface area contributed by atoms with Gasteiger partial charge in [-0.3, -0.25) is 4.79 Å². The predicted molar refractivity (Wildman–Crippen MR) is 65.4 cm³/mol. The van der Waals surface area contributed by atoms with E-state index in [9.17, 15) is 4.79 Å². The summed E-state index contributed by atoms with van der Waals surface area (Å²) in [5.41, 5.74) is 0. The van der Waals surface area contributed by atoms with Crippen molar-refractivity contribution in [3.63, 3.8) is 0 Å². The van der Waals surface area contributed by atoms with Gasteiger partial charge in [-0.25, -0.2) is 0 Å². The fraction of sp³-hybridized carbons (Fsp3) is 0.700. The first-order valence-corrected chi connectivity index (χ1v) is 6.56. The highest BCUT2D eigenvalue weighted by atomic mass is 32.2. The summed E-state index contributed by atoms with van der Waals surface area (Å²) < 4.78 is 7.10. The number of hydrogen-bond acceptors (Lipinski definition) is 6. The second-order valence-corrected chi connectivity index (χ2v) is 4.56. The lowest BCUT2D eigenvalue weighted by Crippen LogP contribution is -2.19. The average molecular weight is 275 g/mol. The molecule has 0 radical (unpaired) electrons. The summed E-state index contributed by atoms with van der Waals surface area (Å²) in [5, 5.41) is 26.0. The first-order valence-electron chi connectivity index (χ1n) is 5.57. The van der Waals surface area contributed by atoms with Crippen LogP contribution >= 0.6 is 11.8 Å². The minimum absolute atomic E-state index is 0.0551. The maximum absolute atomic E-state index is 10.5. The van der Waals surface area contributed by atoms with Gasteiger partial charge in [-0.2, -0.15) is 0 Å². The van der Waals surface area contributed by atoms with E-state index in [1.807, 2.05) is 13.8 Å². The van der Waals surface area contributed by atoms with Gasteiger partial charge in [0.2, 0.25) is 0 Å². The molecule has 18 heavy (non-hydrogen) atoms. The van der Waals surface area contributed by atoms with Crippen molar-refractivity contribution in [2.45, 2.75) is 38.3 Å². The number of nitrogens with zero attached hydrogens (tertiary/aromatic N) is 3. The largest absolute Gasteiger partial charge is 0.481 e. The number of aliphatic hydroxyl groups excluding tert-OH is 1. The molecule has 1 aromatic rings. The van der Waals surface area contributed by atoms with E-state index in [0.29, 0.717) is 24.1 Å². The fourth-order valence-corrected chi connectivity index (χ4v) is 2.13. The molecule has 1 aromatic heterocycles. The van der Waals surface area contributed by atoms with Crippen LogP contribution in [0.15, 0.2) is 5.16 Å². The molecule has 1 unspecified atom stereocenters. The Kier molecular flexibility index (Phi) is 6.10. The summed E-state index contributed by atoms with van der Waals surface area (Å²) in [4.78, 5) is 10.5. The van der Waals surface area contributed by atoms with Crippen LogP contribution in [0.2, 0.25) is 0 Å². The molecule has 1 atom stereocenters. The van der Waals surface area contributed by atoms with Gasteiger partial charge in [0, 0.05) is 6.61 Å². The van der Waals surface area contributed by atoms with Crippen LogP contribution in [0.25, 0.3) is 0 Å². The molecule has 0 fully saturated rings. The molecule has 0 saturated heterocycles. The molecule has 0 amide bonds. The summed E-state index contributed by atoms with van der Waals surface area (Å²) in [5.74, 6) is -0.598. The van der Waals surface area contributed by atoms with Gasteiger partial charge in [0.1, 0.15) is 6.61 Å². The van der Waals surface area contributed by atoms with E-state index in [0.717, 1.165) is 11.8 Å². The van der Waals surface area contributed by atoms with Crippen LogP contribution in [-0.4, -0.2) is 49.4 Å².